The number of hydrogen-bond donors (Lipinski definition) is 1. The van der Waals surface area contributed by atoms with Crippen molar-refractivity contribution < 1.29 is 4.74 Å². The molecule has 0 aromatic carbocycles. The van der Waals surface area contributed by atoms with E-state index in [9.17, 15) is 0 Å². The molecule has 1 aromatic heterocycles. The molecule has 1 heterocycles. The zero-order chi connectivity index (χ0) is 8.97. The monoisotopic (exact) mass is 168 g/mol. The van der Waals surface area contributed by atoms with Gasteiger partial charge in [-0.05, 0) is 0 Å². The Morgan fingerprint density at radius 2 is 2.17 bits per heavy atom. The SMILES string of the molecule is COc1cc(NN(C)C)ncn1. The summed E-state index contributed by atoms with van der Waals surface area (Å²) in [6.45, 7) is 0. The van der Waals surface area contributed by atoms with Crippen molar-refractivity contribution in [2.75, 3.05) is 26.6 Å². The Labute approximate surface area is 71.4 Å². The van der Waals surface area contributed by atoms with Crippen molar-refractivity contribution in [2.45, 2.75) is 0 Å². The molecular formula is C7H12N4O. The molecule has 5 nitrogen and oxygen atoms in total. The first kappa shape index (κ1) is 8.73. The van der Waals surface area contributed by atoms with E-state index in [4.69, 9.17) is 4.74 Å². The molecule has 0 atom stereocenters. The molecule has 5 heteroatoms. The average Bonchev–Trinajstić information content (AvgIpc) is 2.03. The highest BCUT2D eigenvalue weighted by molar-refractivity contribution is 5.35. The molecule has 0 fully saturated rings. The predicted octanol–water partition coefficient (Wildman–Crippen LogP) is 0.374. The Bertz CT molecular complexity index is 251. The maximum Gasteiger partial charge on any atom is 0.218 e. The number of methoxy groups -OCH3 is 1. The van der Waals surface area contributed by atoms with E-state index >= 15 is 0 Å². The van der Waals surface area contributed by atoms with Gasteiger partial charge in [-0.2, -0.15) is 0 Å². The molecule has 1 N–H and O–H groups in total. The van der Waals surface area contributed by atoms with Crippen molar-refractivity contribution in [1.29, 1.82) is 0 Å². The van der Waals surface area contributed by atoms with Gasteiger partial charge >= 0.3 is 0 Å². The molecular weight excluding hydrogens is 156 g/mol. The molecule has 0 aliphatic rings. The topological polar surface area (TPSA) is 50.3 Å². The first-order valence-electron chi connectivity index (χ1n) is 3.52. The van der Waals surface area contributed by atoms with Gasteiger partial charge in [-0.25, -0.2) is 15.0 Å². The highest BCUT2D eigenvalue weighted by Crippen LogP contribution is 2.09. The van der Waals surface area contributed by atoms with Crippen molar-refractivity contribution in [2.24, 2.45) is 0 Å². The van der Waals surface area contributed by atoms with E-state index in [2.05, 4.69) is 15.4 Å². The molecule has 0 aliphatic heterocycles. The number of nitrogens with one attached hydrogen (secondary N) is 1. The summed E-state index contributed by atoms with van der Waals surface area (Å²) in [6.07, 6.45) is 1.45. The number of aromatic nitrogens is 2. The summed E-state index contributed by atoms with van der Waals surface area (Å²) in [5.74, 6) is 1.27. The quantitative estimate of drug-likeness (QED) is 0.661. The van der Waals surface area contributed by atoms with Gasteiger partial charge in [0, 0.05) is 20.2 Å². The van der Waals surface area contributed by atoms with E-state index in [-0.39, 0.29) is 0 Å². The standard InChI is InChI=1S/C7H12N4O/c1-11(2)10-6-4-7(12-3)9-5-8-6/h4-5H,1-3H3,(H,8,9,10). The lowest BCUT2D eigenvalue weighted by molar-refractivity contribution is 0.396. The largest absolute Gasteiger partial charge is 0.481 e. The van der Waals surface area contributed by atoms with Crippen LogP contribution in [0.1, 0.15) is 0 Å². The average molecular weight is 168 g/mol. The fourth-order valence-electron chi connectivity index (χ4n) is 0.741. The summed E-state index contributed by atoms with van der Waals surface area (Å²) in [5, 5.41) is 1.79. The second-order valence-electron chi connectivity index (χ2n) is 2.45. The lowest BCUT2D eigenvalue weighted by Gasteiger charge is -2.12. The highest BCUT2D eigenvalue weighted by atomic mass is 16.5. The first-order chi connectivity index (χ1) is 5.72. The second kappa shape index (κ2) is 3.87. The lowest BCUT2D eigenvalue weighted by Crippen LogP contribution is -2.20. The van der Waals surface area contributed by atoms with Crippen LogP contribution in [0.4, 0.5) is 5.82 Å². The fourth-order valence-corrected chi connectivity index (χ4v) is 0.741. The third-order valence-corrected chi connectivity index (χ3v) is 1.19. The van der Waals surface area contributed by atoms with Crippen LogP contribution in [0.25, 0.3) is 0 Å². The molecule has 0 saturated heterocycles. The first-order valence-corrected chi connectivity index (χ1v) is 3.52. The van der Waals surface area contributed by atoms with Crippen molar-refractivity contribution in [3.63, 3.8) is 0 Å². The predicted molar refractivity (Wildman–Crippen MR) is 45.9 cm³/mol. The van der Waals surface area contributed by atoms with E-state index in [0.29, 0.717) is 11.7 Å². The van der Waals surface area contributed by atoms with E-state index < -0.39 is 0 Å². The van der Waals surface area contributed by atoms with Crippen LogP contribution >= 0.6 is 0 Å². The summed E-state index contributed by atoms with van der Waals surface area (Å²) in [5.41, 5.74) is 2.98. The number of anilines is 1. The third kappa shape index (κ3) is 2.35. The lowest BCUT2D eigenvalue weighted by atomic mass is 10.6. The Morgan fingerprint density at radius 3 is 2.75 bits per heavy atom. The number of rotatable bonds is 3. The van der Waals surface area contributed by atoms with Crippen molar-refractivity contribution in [3.8, 4) is 5.88 Å². The molecule has 1 rings (SSSR count). The van der Waals surface area contributed by atoms with Crippen molar-refractivity contribution in [3.05, 3.63) is 12.4 Å². The number of ether oxygens (including phenoxy) is 1. The molecule has 1 aromatic rings. The Hall–Kier alpha value is -1.36. The van der Waals surface area contributed by atoms with Gasteiger partial charge in [-0.1, -0.05) is 0 Å². The zero-order valence-corrected chi connectivity index (χ0v) is 7.40. The Balaban J connectivity index is 2.72. The zero-order valence-electron chi connectivity index (χ0n) is 7.40. The van der Waals surface area contributed by atoms with E-state index in [1.165, 1.54) is 6.33 Å². The molecule has 0 radical (unpaired) electrons. The molecule has 0 unspecified atom stereocenters. The third-order valence-electron chi connectivity index (χ3n) is 1.19. The van der Waals surface area contributed by atoms with Crippen LogP contribution in [0.3, 0.4) is 0 Å². The Kier molecular flexibility index (Phi) is 2.82. The van der Waals surface area contributed by atoms with Gasteiger partial charge in [0.15, 0.2) is 0 Å². The summed E-state index contributed by atoms with van der Waals surface area (Å²) < 4.78 is 4.93. The molecule has 0 amide bonds. The number of nitrogens with zero attached hydrogens (tertiary/aromatic N) is 3. The van der Waals surface area contributed by atoms with E-state index in [1.807, 2.05) is 14.1 Å². The maximum absolute atomic E-state index is 4.93. The summed E-state index contributed by atoms with van der Waals surface area (Å²) in [7, 11) is 5.34. The summed E-state index contributed by atoms with van der Waals surface area (Å²) in [6, 6.07) is 1.72. The van der Waals surface area contributed by atoms with E-state index in [1.54, 1.807) is 18.2 Å². The molecule has 0 saturated carbocycles. The minimum Gasteiger partial charge on any atom is -0.481 e. The molecule has 0 spiro atoms. The van der Waals surface area contributed by atoms with Crippen LogP contribution in [-0.2, 0) is 0 Å². The van der Waals surface area contributed by atoms with Crippen LogP contribution < -0.4 is 10.2 Å². The fraction of sp³-hybridized carbons (Fsp3) is 0.429. The van der Waals surface area contributed by atoms with Gasteiger partial charge in [0.1, 0.15) is 12.1 Å². The van der Waals surface area contributed by atoms with Crippen molar-refractivity contribution in [1.82, 2.24) is 15.0 Å². The van der Waals surface area contributed by atoms with Crippen LogP contribution in [0.15, 0.2) is 12.4 Å². The van der Waals surface area contributed by atoms with Crippen LogP contribution in [0.5, 0.6) is 5.88 Å². The number of hydrogen-bond acceptors (Lipinski definition) is 5. The molecule has 12 heavy (non-hydrogen) atoms. The molecule has 0 aliphatic carbocycles. The van der Waals surface area contributed by atoms with Crippen LogP contribution in [0.2, 0.25) is 0 Å². The van der Waals surface area contributed by atoms with E-state index in [0.717, 1.165) is 0 Å². The summed E-state index contributed by atoms with van der Waals surface area (Å²) >= 11 is 0. The Morgan fingerprint density at radius 1 is 1.42 bits per heavy atom. The maximum atomic E-state index is 4.93. The van der Waals surface area contributed by atoms with Gasteiger partial charge in [-0.3, -0.25) is 0 Å². The van der Waals surface area contributed by atoms with Crippen molar-refractivity contribution >= 4 is 5.82 Å². The van der Waals surface area contributed by atoms with Gasteiger partial charge in [-0.15, -0.1) is 0 Å². The highest BCUT2D eigenvalue weighted by Gasteiger charge is 1.97. The van der Waals surface area contributed by atoms with Gasteiger partial charge in [0.2, 0.25) is 5.88 Å². The normalized spacial score (nSPS) is 10.0. The van der Waals surface area contributed by atoms with Gasteiger partial charge in [0.25, 0.3) is 0 Å². The minimum atomic E-state index is 0.550. The smallest absolute Gasteiger partial charge is 0.218 e. The number of hydrazine groups is 1. The second-order valence-corrected chi connectivity index (χ2v) is 2.45. The van der Waals surface area contributed by atoms with Crippen LogP contribution in [0, 0.1) is 0 Å². The van der Waals surface area contributed by atoms with Crippen LogP contribution in [-0.4, -0.2) is 36.2 Å². The van der Waals surface area contributed by atoms with Gasteiger partial charge in [0.05, 0.1) is 7.11 Å². The van der Waals surface area contributed by atoms with Gasteiger partial charge < -0.3 is 10.2 Å². The minimum absolute atomic E-state index is 0.550. The summed E-state index contributed by atoms with van der Waals surface area (Å²) in [4.78, 5) is 7.86. The molecule has 66 valence electrons. The molecule has 0 bridgehead atoms.